The molecule has 0 heterocycles. The minimum atomic E-state index is -0.593. The lowest BCUT2D eigenvalue weighted by Gasteiger charge is -2.03. The van der Waals surface area contributed by atoms with Crippen molar-refractivity contribution in [1.29, 1.82) is 0 Å². The lowest BCUT2D eigenvalue weighted by Crippen LogP contribution is -2.20. The van der Waals surface area contributed by atoms with Gasteiger partial charge in [-0.2, -0.15) is 5.48 Å². The van der Waals surface area contributed by atoms with Gasteiger partial charge in [0.15, 0.2) is 5.76 Å². The number of hydroxylamine groups is 1. The number of hydrogen-bond acceptors (Lipinski definition) is 4. The van der Waals surface area contributed by atoms with Gasteiger partial charge in [0.25, 0.3) is 0 Å². The van der Waals surface area contributed by atoms with Crippen LogP contribution in [0.25, 0.3) is 0 Å². The van der Waals surface area contributed by atoms with E-state index < -0.39 is 5.97 Å². The maximum atomic E-state index is 10.6. The number of methoxy groups -OCH3 is 1. The third-order valence-electron chi connectivity index (χ3n) is 0.783. The first kappa shape index (κ1) is 8.97. The maximum Gasteiger partial charge on any atom is 0.391 e. The molecule has 0 aromatic carbocycles. The molecule has 0 aliphatic rings. The molecule has 0 fully saturated rings. The quantitative estimate of drug-likeness (QED) is 0.349. The second-order valence-electron chi connectivity index (χ2n) is 1.51. The SMILES string of the molecule is C=C(OC)C(=O)ONCC. The molecule has 1 N–H and O–H groups in total. The predicted molar refractivity (Wildman–Crippen MR) is 35.9 cm³/mol. The van der Waals surface area contributed by atoms with Crippen LogP contribution in [-0.4, -0.2) is 19.6 Å². The summed E-state index contributed by atoms with van der Waals surface area (Å²) in [4.78, 5) is 15.1. The average molecular weight is 145 g/mol. The monoisotopic (exact) mass is 145 g/mol. The Morgan fingerprint density at radius 1 is 1.70 bits per heavy atom. The van der Waals surface area contributed by atoms with E-state index in [2.05, 4.69) is 21.6 Å². The van der Waals surface area contributed by atoms with E-state index in [4.69, 9.17) is 0 Å². The molecule has 0 aliphatic heterocycles. The van der Waals surface area contributed by atoms with Gasteiger partial charge in [0, 0.05) is 6.54 Å². The fourth-order valence-corrected chi connectivity index (χ4v) is 0.278. The largest absolute Gasteiger partial charge is 0.490 e. The van der Waals surface area contributed by atoms with Crippen LogP contribution in [0.15, 0.2) is 12.3 Å². The van der Waals surface area contributed by atoms with E-state index in [9.17, 15) is 4.79 Å². The number of carbonyl (C=O) groups excluding carboxylic acids is 1. The van der Waals surface area contributed by atoms with Gasteiger partial charge in [-0.25, -0.2) is 4.79 Å². The van der Waals surface area contributed by atoms with Crippen molar-refractivity contribution >= 4 is 5.97 Å². The van der Waals surface area contributed by atoms with E-state index in [0.29, 0.717) is 6.54 Å². The molecule has 0 aromatic heterocycles. The van der Waals surface area contributed by atoms with Gasteiger partial charge in [0.2, 0.25) is 0 Å². The molecular weight excluding hydrogens is 134 g/mol. The first-order valence-electron chi connectivity index (χ1n) is 2.89. The van der Waals surface area contributed by atoms with Gasteiger partial charge in [0.05, 0.1) is 7.11 Å². The van der Waals surface area contributed by atoms with Gasteiger partial charge in [-0.15, -0.1) is 0 Å². The highest BCUT2D eigenvalue weighted by molar-refractivity contribution is 5.85. The summed E-state index contributed by atoms with van der Waals surface area (Å²) in [5.74, 6) is -0.606. The molecule has 0 amide bonds. The van der Waals surface area contributed by atoms with Gasteiger partial charge in [-0.05, 0) is 13.5 Å². The Kier molecular flexibility index (Phi) is 4.32. The normalized spacial score (nSPS) is 8.60. The molecule has 0 radical (unpaired) electrons. The maximum absolute atomic E-state index is 10.6. The fraction of sp³-hybridized carbons (Fsp3) is 0.500. The van der Waals surface area contributed by atoms with Crippen LogP contribution < -0.4 is 5.48 Å². The van der Waals surface area contributed by atoms with Crippen molar-refractivity contribution in [1.82, 2.24) is 5.48 Å². The molecule has 10 heavy (non-hydrogen) atoms. The van der Waals surface area contributed by atoms with Crippen molar-refractivity contribution in [3.8, 4) is 0 Å². The molecule has 0 saturated heterocycles. The van der Waals surface area contributed by atoms with Crippen LogP contribution in [-0.2, 0) is 14.4 Å². The van der Waals surface area contributed by atoms with Crippen molar-refractivity contribution in [2.45, 2.75) is 6.92 Å². The van der Waals surface area contributed by atoms with Crippen LogP contribution in [0, 0.1) is 0 Å². The van der Waals surface area contributed by atoms with Gasteiger partial charge < -0.3 is 9.57 Å². The van der Waals surface area contributed by atoms with Crippen LogP contribution in [0.3, 0.4) is 0 Å². The lowest BCUT2D eigenvalue weighted by molar-refractivity contribution is -0.149. The molecular formula is C6H11NO3. The number of rotatable bonds is 4. The van der Waals surface area contributed by atoms with Gasteiger partial charge in [-0.1, -0.05) is 0 Å². The Morgan fingerprint density at radius 2 is 2.30 bits per heavy atom. The fourth-order valence-electron chi connectivity index (χ4n) is 0.278. The van der Waals surface area contributed by atoms with Crippen LogP contribution in [0.4, 0.5) is 0 Å². The Morgan fingerprint density at radius 3 is 2.70 bits per heavy atom. The van der Waals surface area contributed by atoms with Gasteiger partial charge in [-0.3, -0.25) is 0 Å². The van der Waals surface area contributed by atoms with Crippen molar-refractivity contribution in [3.63, 3.8) is 0 Å². The summed E-state index contributed by atoms with van der Waals surface area (Å²) in [6.07, 6.45) is 0. The Bertz CT molecular complexity index is 133. The zero-order chi connectivity index (χ0) is 7.98. The van der Waals surface area contributed by atoms with E-state index in [0.717, 1.165) is 0 Å². The highest BCUT2D eigenvalue weighted by atomic mass is 16.7. The zero-order valence-corrected chi connectivity index (χ0v) is 6.14. The smallest absolute Gasteiger partial charge is 0.391 e. The van der Waals surface area contributed by atoms with Crippen molar-refractivity contribution in [2.75, 3.05) is 13.7 Å². The molecule has 0 unspecified atom stereocenters. The lowest BCUT2D eigenvalue weighted by atomic mass is 10.6. The summed E-state index contributed by atoms with van der Waals surface area (Å²) in [7, 11) is 1.36. The molecule has 0 spiro atoms. The molecule has 4 heteroatoms. The van der Waals surface area contributed by atoms with Crippen LogP contribution >= 0.6 is 0 Å². The third kappa shape index (κ3) is 3.09. The minimum absolute atomic E-state index is 0.0130. The number of carbonyl (C=O) groups is 1. The summed E-state index contributed by atoms with van der Waals surface area (Å²) >= 11 is 0. The molecule has 0 saturated carbocycles. The van der Waals surface area contributed by atoms with E-state index in [1.807, 2.05) is 6.92 Å². The number of ether oxygens (including phenoxy) is 1. The van der Waals surface area contributed by atoms with Crippen molar-refractivity contribution in [2.24, 2.45) is 0 Å². The minimum Gasteiger partial charge on any atom is -0.490 e. The standard InChI is InChI=1S/C6H11NO3/c1-4-7-10-6(8)5(2)9-3/h7H,2,4H2,1,3H3. The highest BCUT2D eigenvalue weighted by Gasteiger charge is 2.06. The van der Waals surface area contributed by atoms with E-state index in [1.54, 1.807) is 0 Å². The van der Waals surface area contributed by atoms with Crippen LogP contribution in [0.2, 0.25) is 0 Å². The Labute approximate surface area is 59.8 Å². The highest BCUT2D eigenvalue weighted by Crippen LogP contribution is 1.91. The second-order valence-corrected chi connectivity index (χ2v) is 1.51. The van der Waals surface area contributed by atoms with E-state index in [-0.39, 0.29) is 5.76 Å². The summed E-state index contributed by atoms with van der Waals surface area (Å²) in [5.41, 5.74) is 2.37. The second kappa shape index (κ2) is 4.81. The average Bonchev–Trinajstić information content (AvgIpc) is 1.98. The first-order chi connectivity index (χ1) is 4.72. The molecule has 0 aliphatic carbocycles. The summed E-state index contributed by atoms with van der Waals surface area (Å²) in [6.45, 7) is 5.66. The van der Waals surface area contributed by atoms with Crippen molar-refractivity contribution < 1.29 is 14.4 Å². The summed E-state index contributed by atoms with van der Waals surface area (Å²) in [5, 5.41) is 0. The molecule has 0 bridgehead atoms. The third-order valence-corrected chi connectivity index (χ3v) is 0.783. The predicted octanol–water partition coefficient (Wildman–Crippen LogP) is 0.214. The van der Waals surface area contributed by atoms with Crippen LogP contribution in [0.1, 0.15) is 6.92 Å². The van der Waals surface area contributed by atoms with Gasteiger partial charge >= 0.3 is 5.97 Å². The molecule has 0 atom stereocenters. The van der Waals surface area contributed by atoms with Crippen molar-refractivity contribution in [3.05, 3.63) is 12.3 Å². The molecule has 4 nitrogen and oxygen atoms in total. The number of hydrogen-bond donors (Lipinski definition) is 1. The molecule has 0 aromatic rings. The molecule has 58 valence electrons. The Hall–Kier alpha value is -1.03. The summed E-state index contributed by atoms with van der Waals surface area (Å²) < 4.78 is 4.50. The summed E-state index contributed by atoms with van der Waals surface area (Å²) in [6, 6.07) is 0. The first-order valence-corrected chi connectivity index (χ1v) is 2.89. The van der Waals surface area contributed by atoms with E-state index in [1.165, 1.54) is 7.11 Å². The topological polar surface area (TPSA) is 47.6 Å². The Balaban J connectivity index is 3.52. The van der Waals surface area contributed by atoms with E-state index >= 15 is 0 Å². The number of nitrogens with one attached hydrogen (secondary N) is 1. The van der Waals surface area contributed by atoms with Crippen LogP contribution in [0.5, 0.6) is 0 Å². The zero-order valence-electron chi connectivity index (χ0n) is 6.14. The van der Waals surface area contributed by atoms with Gasteiger partial charge in [0.1, 0.15) is 0 Å². The molecule has 0 rings (SSSR count).